The minimum atomic E-state index is -0.323. The monoisotopic (exact) mass is 504 g/mol. The Labute approximate surface area is 210 Å². The van der Waals surface area contributed by atoms with Crippen LogP contribution in [0.1, 0.15) is 68.9 Å². The minimum Gasteiger partial charge on any atom is -0.346 e. The minimum absolute atomic E-state index is 0.0179. The summed E-state index contributed by atoms with van der Waals surface area (Å²) in [6, 6.07) is 13.4. The Balaban J connectivity index is 1.84. The Morgan fingerprint density at radius 2 is 1.94 bits per heavy atom. The van der Waals surface area contributed by atoms with E-state index in [2.05, 4.69) is 53.6 Å². The molecule has 1 aromatic heterocycles. The van der Waals surface area contributed by atoms with E-state index >= 15 is 0 Å². The maximum absolute atomic E-state index is 12.5. The molecular weight excluding hydrogens is 475 g/mol. The number of benzene rings is 2. The third kappa shape index (κ3) is 7.23. The number of carbonyl (C=O) groups is 1. The van der Waals surface area contributed by atoms with Crippen molar-refractivity contribution in [1.82, 2.24) is 20.1 Å². The zero-order valence-corrected chi connectivity index (χ0v) is 21.6. The van der Waals surface area contributed by atoms with Crippen LogP contribution >= 0.6 is 35.0 Å². The third-order valence-electron chi connectivity index (χ3n) is 5.28. The van der Waals surface area contributed by atoms with E-state index in [1.807, 2.05) is 17.6 Å². The van der Waals surface area contributed by atoms with Gasteiger partial charge in [-0.25, -0.2) is 0 Å². The number of hydrogen-bond acceptors (Lipinski definition) is 4. The molecule has 5 nitrogen and oxygen atoms in total. The van der Waals surface area contributed by atoms with E-state index in [4.69, 9.17) is 23.2 Å². The number of rotatable bonds is 11. The number of hydrogen-bond donors (Lipinski definition) is 1. The summed E-state index contributed by atoms with van der Waals surface area (Å²) in [5.74, 6) is 1.39. The van der Waals surface area contributed by atoms with Crippen molar-refractivity contribution < 1.29 is 4.79 Å². The highest BCUT2D eigenvalue weighted by molar-refractivity contribution is 7.98. The number of unbranched alkanes of at least 4 members (excludes halogenated alkanes) is 3. The van der Waals surface area contributed by atoms with Gasteiger partial charge in [0.25, 0.3) is 0 Å². The smallest absolute Gasteiger partial charge is 0.220 e. The molecule has 1 amide bonds. The van der Waals surface area contributed by atoms with Gasteiger partial charge in [-0.3, -0.25) is 9.36 Å². The molecule has 3 aromatic rings. The Kier molecular flexibility index (Phi) is 9.65. The number of nitrogens with zero attached hydrogens (tertiary/aromatic N) is 3. The Hall–Kier alpha value is -2.02. The molecule has 0 aliphatic carbocycles. The molecule has 3 rings (SSSR count). The van der Waals surface area contributed by atoms with Crippen LogP contribution in [-0.4, -0.2) is 20.7 Å². The summed E-state index contributed by atoms with van der Waals surface area (Å²) < 4.78 is 1.92. The van der Waals surface area contributed by atoms with Gasteiger partial charge in [0.1, 0.15) is 0 Å². The van der Waals surface area contributed by atoms with Gasteiger partial charge in [-0.05, 0) is 44.0 Å². The van der Waals surface area contributed by atoms with E-state index in [0.29, 0.717) is 27.4 Å². The molecule has 176 valence electrons. The number of carbonyl (C=O) groups excluding carboxylic acids is 1. The normalized spacial score (nSPS) is 12.0. The zero-order valence-electron chi connectivity index (χ0n) is 19.3. The molecule has 1 N–H and O–H groups in total. The van der Waals surface area contributed by atoms with Crippen molar-refractivity contribution in [1.29, 1.82) is 0 Å². The molecule has 0 radical (unpaired) electrons. The Morgan fingerprint density at radius 1 is 1.12 bits per heavy atom. The van der Waals surface area contributed by atoms with Gasteiger partial charge in [0.2, 0.25) is 5.91 Å². The molecule has 1 unspecified atom stereocenters. The lowest BCUT2D eigenvalue weighted by molar-refractivity contribution is -0.121. The molecule has 8 heteroatoms. The summed E-state index contributed by atoms with van der Waals surface area (Å²) in [6.45, 7) is 6.16. The van der Waals surface area contributed by atoms with Gasteiger partial charge >= 0.3 is 0 Å². The summed E-state index contributed by atoms with van der Waals surface area (Å²) in [5, 5.41) is 13.7. The van der Waals surface area contributed by atoms with Crippen LogP contribution < -0.4 is 5.32 Å². The van der Waals surface area contributed by atoms with Crippen LogP contribution in [0.3, 0.4) is 0 Å². The lowest BCUT2D eigenvalue weighted by Gasteiger charge is -2.17. The summed E-state index contributed by atoms with van der Waals surface area (Å²) in [5.41, 5.74) is 3.15. The zero-order chi connectivity index (χ0) is 23.8. The average molecular weight is 506 g/mol. The van der Waals surface area contributed by atoms with Crippen molar-refractivity contribution in [2.45, 2.75) is 69.8 Å². The van der Waals surface area contributed by atoms with Crippen molar-refractivity contribution in [2.24, 2.45) is 0 Å². The lowest BCUT2D eigenvalue weighted by atomic mass is 10.1. The fourth-order valence-corrected chi connectivity index (χ4v) is 4.97. The van der Waals surface area contributed by atoms with Gasteiger partial charge in [0.05, 0.1) is 16.8 Å². The molecule has 0 fully saturated rings. The molecule has 33 heavy (non-hydrogen) atoms. The molecule has 1 heterocycles. The van der Waals surface area contributed by atoms with Crippen LogP contribution in [0.5, 0.6) is 0 Å². The van der Waals surface area contributed by atoms with E-state index in [9.17, 15) is 4.79 Å². The topological polar surface area (TPSA) is 59.8 Å². The molecule has 0 aliphatic heterocycles. The summed E-state index contributed by atoms with van der Waals surface area (Å²) in [7, 11) is 0. The van der Waals surface area contributed by atoms with Crippen molar-refractivity contribution in [2.75, 3.05) is 0 Å². The van der Waals surface area contributed by atoms with E-state index in [1.54, 1.807) is 23.9 Å². The average Bonchev–Trinajstić information content (AvgIpc) is 3.19. The largest absolute Gasteiger partial charge is 0.346 e. The summed E-state index contributed by atoms with van der Waals surface area (Å²) in [6.07, 6.45) is 4.75. The molecule has 1 atom stereocenters. The Morgan fingerprint density at radius 3 is 2.67 bits per heavy atom. The van der Waals surface area contributed by atoms with Gasteiger partial charge < -0.3 is 5.32 Å². The summed E-state index contributed by atoms with van der Waals surface area (Å²) in [4.78, 5) is 12.5. The quantitative estimate of drug-likeness (QED) is 0.219. The number of aryl methyl sites for hydroxylation is 1. The maximum Gasteiger partial charge on any atom is 0.220 e. The van der Waals surface area contributed by atoms with Crippen molar-refractivity contribution in [3.63, 3.8) is 0 Å². The van der Waals surface area contributed by atoms with Crippen LogP contribution in [0.2, 0.25) is 10.0 Å². The highest BCUT2D eigenvalue weighted by Gasteiger charge is 2.22. The van der Waals surface area contributed by atoms with Crippen LogP contribution in [0.4, 0.5) is 0 Å². The van der Waals surface area contributed by atoms with Gasteiger partial charge in [-0.1, -0.05) is 91.0 Å². The van der Waals surface area contributed by atoms with Gasteiger partial charge in [-0.15, -0.1) is 10.2 Å². The predicted molar refractivity (Wildman–Crippen MR) is 137 cm³/mol. The molecular formula is C25H30Cl2N4OS. The maximum atomic E-state index is 12.5. The predicted octanol–water partition coefficient (Wildman–Crippen LogP) is 7.32. The molecule has 0 saturated heterocycles. The van der Waals surface area contributed by atoms with Gasteiger partial charge in [0, 0.05) is 17.2 Å². The molecule has 0 saturated carbocycles. The van der Waals surface area contributed by atoms with Crippen LogP contribution in [0.15, 0.2) is 47.6 Å². The van der Waals surface area contributed by atoms with Crippen molar-refractivity contribution >= 4 is 40.9 Å². The first-order valence-electron chi connectivity index (χ1n) is 11.3. The SMILES string of the molecule is CCCCCCC(=O)NC(C)c1nnc(SCc2cccc(C)c2)n1-c1ccc(Cl)cc1Cl. The second-order valence-electron chi connectivity index (χ2n) is 8.15. The fourth-order valence-electron chi connectivity index (χ4n) is 3.58. The second kappa shape index (κ2) is 12.4. The van der Waals surface area contributed by atoms with Gasteiger partial charge in [0.15, 0.2) is 11.0 Å². The highest BCUT2D eigenvalue weighted by atomic mass is 35.5. The van der Waals surface area contributed by atoms with Crippen molar-refractivity contribution in [3.05, 3.63) is 69.5 Å². The van der Waals surface area contributed by atoms with Crippen LogP contribution in [-0.2, 0) is 10.5 Å². The fraction of sp³-hybridized carbons (Fsp3) is 0.400. The molecule has 0 bridgehead atoms. The lowest BCUT2D eigenvalue weighted by Crippen LogP contribution is -2.28. The molecule has 2 aromatic carbocycles. The number of amides is 1. The van der Waals surface area contributed by atoms with Crippen molar-refractivity contribution in [3.8, 4) is 5.69 Å². The third-order valence-corrected chi connectivity index (χ3v) is 6.82. The van der Waals surface area contributed by atoms with Crippen LogP contribution in [0, 0.1) is 6.92 Å². The standard InChI is InChI=1S/C25H30Cl2N4OS/c1-4-5-6-7-11-23(32)28-18(3)24-29-30-25(33-16-19-10-8-9-17(2)14-19)31(24)22-13-12-20(26)15-21(22)27/h8-10,12-15,18H,4-7,11,16H2,1-3H3,(H,28,32). The van der Waals surface area contributed by atoms with E-state index in [-0.39, 0.29) is 11.9 Å². The second-order valence-corrected chi connectivity index (χ2v) is 9.94. The molecule has 0 aliphatic rings. The van der Waals surface area contributed by atoms with Crippen LogP contribution in [0.25, 0.3) is 5.69 Å². The first-order chi connectivity index (χ1) is 15.9. The van der Waals surface area contributed by atoms with E-state index in [0.717, 1.165) is 37.1 Å². The summed E-state index contributed by atoms with van der Waals surface area (Å²) >= 11 is 14.3. The number of nitrogens with one attached hydrogen (secondary N) is 1. The highest BCUT2D eigenvalue weighted by Crippen LogP contribution is 2.32. The molecule has 0 spiro atoms. The first-order valence-corrected chi connectivity index (χ1v) is 13.0. The number of aromatic nitrogens is 3. The number of thioether (sulfide) groups is 1. The van der Waals surface area contributed by atoms with E-state index in [1.165, 1.54) is 11.1 Å². The number of halogens is 2. The van der Waals surface area contributed by atoms with E-state index < -0.39 is 0 Å². The first kappa shape index (κ1) is 25.6. The van der Waals surface area contributed by atoms with Gasteiger partial charge in [-0.2, -0.15) is 0 Å². The Bertz CT molecular complexity index is 1090.